The van der Waals surface area contributed by atoms with Crippen molar-refractivity contribution < 1.29 is 9.84 Å². The average molecular weight is 290 g/mol. The van der Waals surface area contributed by atoms with Crippen LogP contribution in [0.2, 0.25) is 0 Å². The molecule has 1 aliphatic heterocycles. The van der Waals surface area contributed by atoms with Crippen LogP contribution in [0.4, 0.5) is 0 Å². The van der Waals surface area contributed by atoms with E-state index in [-0.39, 0.29) is 11.3 Å². The van der Waals surface area contributed by atoms with E-state index >= 15 is 0 Å². The van der Waals surface area contributed by atoms with Crippen LogP contribution in [0, 0.1) is 0 Å². The van der Waals surface area contributed by atoms with Crippen molar-refractivity contribution in [3.05, 3.63) is 43.5 Å². The smallest absolute Gasteiger partial charge is 0.270 e. The van der Waals surface area contributed by atoms with E-state index in [0.29, 0.717) is 30.0 Å². The molecule has 3 rings (SSSR count). The second-order valence-corrected chi connectivity index (χ2v) is 5.40. The molecule has 1 aromatic carbocycles. The molecule has 0 aliphatic carbocycles. The van der Waals surface area contributed by atoms with Crippen LogP contribution in [0.5, 0.6) is 11.5 Å². The van der Waals surface area contributed by atoms with Gasteiger partial charge in [0.25, 0.3) is 5.56 Å². The van der Waals surface area contributed by atoms with Crippen molar-refractivity contribution in [2.45, 2.75) is 13.5 Å². The minimum atomic E-state index is -0.00251. The van der Waals surface area contributed by atoms with E-state index in [1.807, 2.05) is 6.92 Å². The first-order chi connectivity index (χ1) is 9.69. The summed E-state index contributed by atoms with van der Waals surface area (Å²) in [6, 6.07) is 5.05. The Kier molecular flexibility index (Phi) is 3.31. The molecule has 1 aliphatic rings. The van der Waals surface area contributed by atoms with Gasteiger partial charge in [-0.3, -0.25) is 14.4 Å². The quantitative estimate of drug-likeness (QED) is 0.894. The summed E-state index contributed by atoms with van der Waals surface area (Å²) in [6.07, 6.45) is 1.80. The molecule has 6 heteroatoms. The highest BCUT2D eigenvalue weighted by molar-refractivity contribution is 7.07. The molecular weight excluding hydrogens is 276 g/mol. The Hall–Kier alpha value is -2.08. The number of fused-ring (bicyclic) bond motifs is 1. The Morgan fingerprint density at radius 3 is 3.15 bits per heavy atom. The topological polar surface area (TPSA) is 63.8 Å². The summed E-state index contributed by atoms with van der Waals surface area (Å²) in [5, 5.41) is 9.67. The molecular formula is C14H14N2O3S. The minimum absolute atomic E-state index is 0.00251. The van der Waals surface area contributed by atoms with Crippen LogP contribution in [-0.4, -0.2) is 22.8 Å². The maximum atomic E-state index is 12.1. The molecule has 1 N–H and O–H groups in total. The summed E-state index contributed by atoms with van der Waals surface area (Å²) in [5.74, 6) is 0.527. The molecule has 0 radical (unpaired) electrons. The molecule has 0 amide bonds. The number of hydrogen-bond donors (Lipinski definition) is 1. The van der Waals surface area contributed by atoms with Crippen LogP contribution in [0.3, 0.4) is 0 Å². The maximum absolute atomic E-state index is 12.1. The third-order valence-corrected chi connectivity index (χ3v) is 4.08. The van der Waals surface area contributed by atoms with E-state index in [2.05, 4.69) is 4.99 Å². The van der Waals surface area contributed by atoms with Crippen molar-refractivity contribution in [1.82, 2.24) is 4.57 Å². The Labute approximate surface area is 119 Å². The van der Waals surface area contributed by atoms with Crippen molar-refractivity contribution in [1.29, 1.82) is 0 Å². The Morgan fingerprint density at radius 2 is 2.40 bits per heavy atom. The third kappa shape index (κ3) is 2.22. The van der Waals surface area contributed by atoms with Gasteiger partial charge in [-0.05, 0) is 30.7 Å². The molecule has 0 spiro atoms. The molecule has 2 aromatic rings. The average Bonchev–Trinajstić information content (AvgIpc) is 2.99. The van der Waals surface area contributed by atoms with E-state index in [4.69, 9.17) is 4.74 Å². The van der Waals surface area contributed by atoms with E-state index in [1.165, 1.54) is 11.3 Å². The zero-order chi connectivity index (χ0) is 14.1. The summed E-state index contributed by atoms with van der Waals surface area (Å²) in [5.41, 5.74) is 0.821. The molecule has 0 fully saturated rings. The van der Waals surface area contributed by atoms with Gasteiger partial charge in [0.2, 0.25) is 0 Å². The highest BCUT2D eigenvalue weighted by atomic mass is 32.1. The zero-order valence-corrected chi connectivity index (χ0v) is 11.8. The standard InChI is InChI=1S/C14H14N2O3S/c1-2-19-11-7-9(3-4-10(11)17)8-12-13(18)16-6-5-15-14(16)20-12/h3-4,7-8,17H,2,5-6H2,1H3/b12-8+. The first kappa shape index (κ1) is 12.9. The number of ether oxygens (including phenoxy) is 1. The predicted molar refractivity (Wildman–Crippen MR) is 77.1 cm³/mol. The van der Waals surface area contributed by atoms with Crippen molar-refractivity contribution >= 4 is 17.4 Å². The molecule has 0 bridgehead atoms. The van der Waals surface area contributed by atoms with Crippen molar-refractivity contribution in [3.63, 3.8) is 0 Å². The minimum Gasteiger partial charge on any atom is -0.504 e. The lowest BCUT2D eigenvalue weighted by molar-refractivity contribution is 0.318. The molecule has 0 saturated heterocycles. The van der Waals surface area contributed by atoms with Crippen LogP contribution in [0.1, 0.15) is 12.5 Å². The number of thiazole rings is 1. The third-order valence-electron chi connectivity index (χ3n) is 3.04. The molecule has 2 heterocycles. The van der Waals surface area contributed by atoms with Gasteiger partial charge in [-0.25, -0.2) is 0 Å². The summed E-state index contributed by atoms with van der Waals surface area (Å²) in [6.45, 7) is 3.69. The molecule has 0 unspecified atom stereocenters. The summed E-state index contributed by atoms with van der Waals surface area (Å²) < 4.78 is 7.68. The van der Waals surface area contributed by atoms with Crippen molar-refractivity contribution in [2.75, 3.05) is 13.2 Å². The largest absolute Gasteiger partial charge is 0.504 e. The molecule has 20 heavy (non-hydrogen) atoms. The van der Waals surface area contributed by atoms with Gasteiger partial charge in [0.15, 0.2) is 16.3 Å². The van der Waals surface area contributed by atoms with Crippen molar-refractivity contribution in [3.8, 4) is 11.5 Å². The number of phenolic OH excluding ortho intramolecular Hbond substituents is 1. The molecule has 5 nitrogen and oxygen atoms in total. The van der Waals surface area contributed by atoms with E-state index in [9.17, 15) is 9.90 Å². The summed E-state index contributed by atoms with van der Waals surface area (Å²) in [4.78, 5) is 17.2. The van der Waals surface area contributed by atoms with Gasteiger partial charge in [-0.1, -0.05) is 17.4 Å². The van der Waals surface area contributed by atoms with Crippen LogP contribution in [0.25, 0.3) is 6.08 Å². The molecule has 0 saturated carbocycles. The number of phenols is 1. The van der Waals surface area contributed by atoms with Gasteiger partial charge in [0.1, 0.15) is 0 Å². The molecule has 0 atom stereocenters. The number of aromatic hydroxyl groups is 1. The Balaban J connectivity index is 2.09. The van der Waals surface area contributed by atoms with Crippen LogP contribution < -0.4 is 19.6 Å². The van der Waals surface area contributed by atoms with E-state index in [1.54, 1.807) is 28.8 Å². The summed E-state index contributed by atoms with van der Waals surface area (Å²) in [7, 11) is 0. The number of benzene rings is 1. The first-order valence-corrected chi connectivity index (χ1v) is 7.22. The number of aromatic nitrogens is 1. The van der Waals surface area contributed by atoms with Gasteiger partial charge in [-0.2, -0.15) is 0 Å². The molecule has 1 aromatic heterocycles. The fourth-order valence-corrected chi connectivity index (χ4v) is 3.14. The Bertz CT molecular complexity index is 820. The fraction of sp³-hybridized carbons (Fsp3) is 0.286. The SMILES string of the molecule is CCOc1cc(/C=c2/sc3n(c2=O)CCN=3)ccc1O. The fourth-order valence-electron chi connectivity index (χ4n) is 2.11. The monoisotopic (exact) mass is 290 g/mol. The highest BCUT2D eigenvalue weighted by Crippen LogP contribution is 2.26. The van der Waals surface area contributed by atoms with Gasteiger partial charge >= 0.3 is 0 Å². The van der Waals surface area contributed by atoms with Gasteiger partial charge in [0, 0.05) is 6.54 Å². The lowest BCUT2D eigenvalue weighted by Crippen LogP contribution is -2.29. The lowest BCUT2D eigenvalue weighted by Gasteiger charge is -2.05. The highest BCUT2D eigenvalue weighted by Gasteiger charge is 2.10. The summed E-state index contributed by atoms with van der Waals surface area (Å²) >= 11 is 1.39. The van der Waals surface area contributed by atoms with E-state index in [0.717, 1.165) is 10.4 Å². The maximum Gasteiger partial charge on any atom is 0.270 e. The number of nitrogens with zero attached hydrogens (tertiary/aromatic N) is 2. The second-order valence-electron chi connectivity index (χ2n) is 4.39. The normalized spacial score (nSPS) is 14.2. The molecule has 104 valence electrons. The first-order valence-electron chi connectivity index (χ1n) is 6.40. The van der Waals surface area contributed by atoms with Crippen LogP contribution in [0.15, 0.2) is 28.0 Å². The van der Waals surface area contributed by atoms with E-state index < -0.39 is 0 Å². The number of rotatable bonds is 3. The second kappa shape index (κ2) is 5.13. The van der Waals surface area contributed by atoms with Gasteiger partial charge < -0.3 is 9.84 Å². The van der Waals surface area contributed by atoms with Crippen LogP contribution in [-0.2, 0) is 6.54 Å². The van der Waals surface area contributed by atoms with Crippen LogP contribution >= 0.6 is 11.3 Å². The lowest BCUT2D eigenvalue weighted by atomic mass is 10.2. The van der Waals surface area contributed by atoms with Gasteiger partial charge in [-0.15, -0.1) is 0 Å². The van der Waals surface area contributed by atoms with Gasteiger partial charge in [0.05, 0.1) is 17.7 Å². The number of hydrogen-bond acceptors (Lipinski definition) is 5. The predicted octanol–water partition coefficient (Wildman–Crippen LogP) is 0.476. The van der Waals surface area contributed by atoms with Crippen molar-refractivity contribution in [2.24, 2.45) is 4.99 Å². The zero-order valence-electron chi connectivity index (χ0n) is 11.0. The Morgan fingerprint density at radius 1 is 1.55 bits per heavy atom.